The molecule has 5 heteroatoms. The lowest BCUT2D eigenvalue weighted by molar-refractivity contribution is 0.354. The van der Waals surface area contributed by atoms with Gasteiger partial charge in [0, 0.05) is 18.4 Å². The van der Waals surface area contributed by atoms with Gasteiger partial charge in [-0.2, -0.15) is 5.26 Å². The average molecular weight is 327 g/mol. The summed E-state index contributed by atoms with van der Waals surface area (Å²) in [5, 5.41) is 9.27. The van der Waals surface area contributed by atoms with E-state index in [2.05, 4.69) is 6.07 Å². The predicted octanol–water partition coefficient (Wildman–Crippen LogP) is 3.77. The van der Waals surface area contributed by atoms with Crippen LogP contribution in [0.15, 0.2) is 36.4 Å². The highest BCUT2D eigenvalue weighted by molar-refractivity contribution is 5.48. The third-order valence-electron chi connectivity index (χ3n) is 3.88. The highest BCUT2D eigenvalue weighted by Gasteiger charge is 2.18. The van der Waals surface area contributed by atoms with Crippen LogP contribution in [-0.2, 0) is 0 Å². The van der Waals surface area contributed by atoms with E-state index < -0.39 is 0 Å². The molecule has 0 aliphatic heterocycles. The van der Waals surface area contributed by atoms with Crippen molar-refractivity contribution in [1.82, 2.24) is 0 Å². The molecular formula is C19H21NO4. The van der Waals surface area contributed by atoms with Crippen LogP contribution in [0.1, 0.15) is 23.5 Å². The van der Waals surface area contributed by atoms with E-state index in [0.717, 1.165) is 11.1 Å². The van der Waals surface area contributed by atoms with Gasteiger partial charge >= 0.3 is 0 Å². The Morgan fingerprint density at radius 2 is 1.42 bits per heavy atom. The Bertz CT molecular complexity index is 714. The average Bonchev–Trinajstić information content (AvgIpc) is 2.64. The number of ether oxygens (including phenoxy) is 4. The molecule has 2 rings (SSSR count). The fourth-order valence-electron chi connectivity index (χ4n) is 2.62. The van der Waals surface area contributed by atoms with Crippen molar-refractivity contribution in [2.75, 3.05) is 28.4 Å². The van der Waals surface area contributed by atoms with Gasteiger partial charge in [-0.05, 0) is 35.4 Å². The van der Waals surface area contributed by atoms with Crippen molar-refractivity contribution >= 4 is 0 Å². The summed E-state index contributed by atoms with van der Waals surface area (Å²) in [7, 11) is 6.40. The lowest BCUT2D eigenvalue weighted by Crippen LogP contribution is -2.03. The molecule has 0 aliphatic rings. The molecule has 0 N–H and O–H groups in total. The van der Waals surface area contributed by atoms with Crippen molar-refractivity contribution in [3.8, 4) is 29.1 Å². The first-order chi connectivity index (χ1) is 11.7. The molecule has 24 heavy (non-hydrogen) atoms. The van der Waals surface area contributed by atoms with Crippen molar-refractivity contribution < 1.29 is 18.9 Å². The first kappa shape index (κ1) is 17.5. The smallest absolute Gasteiger partial charge is 0.161 e. The molecule has 0 amide bonds. The van der Waals surface area contributed by atoms with Crippen molar-refractivity contribution in [3.63, 3.8) is 0 Å². The van der Waals surface area contributed by atoms with Gasteiger partial charge in [0.1, 0.15) is 11.5 Å². The summed E-state index contributed by atoms with van der Waals surface area (Å²) >= 11 is 0. The Balaban J connectivity index is 2.52. The lowest BCUT2D eigenvalue weighted by atomic mass is 9.88. The van der Waals surface area contributed by atoms with Gasteiger partial charge in [0.15, 0.2) is 11.5 Å². The second-order valence-corrected chi connectivity index (χ2v) is 5.18. The van der Waals surface area contributed by atoms with Gasteiger partial charge in [0.25, 0.3) is 0 Å². The molecule has 0 aliphatic carbocycles. The molecule has 0 saturated carbocycles. The van der Waals surface area contributed by atoms with Crippen LogP contribution in [0, 0.1) is 11.3 Å². The van der Waals surface area contributed by atoms with Crippen molar-refractivity contribution in [2.45, 2.75) is 12.3 Å². The fourth-order valence-corrected chi connectivity index (χ4v) is 2.62. The van der Waals surface area contributed by atoms with Gasteiger partial charge in [-0.1, -0.05) is 6.07 Å². The molecule has 0 fully saturated rings. The topological polar surface area (TPSA) is 60.7 Å². The standard InChI is InChI=1S/C19H21NO4/c1-21-15-9-14(10-16(12-15)22-2)17(7-8-20)13-5-6-18(23-3)19(11-13)24-4/h5-6,9-12,17H,7H2,1-4H3/t17-/m1/s1. The molecule has 5 nitrogen and oxygen atoms in total. The maximum Gasteiger partial charge on any atom is 0.161 e. The number of nitriles is 1. The predicted molar refractivity (Wildman–Crippen MR) is 91.2 cm³/mol. The van der Waals surface area contributed by atoms with Crippen LogP contribution in [0.3, 0.4) is 0 Å². The molecule has 0 unspecified atom stereocenters. The third kappa shape index (κ3) is 3.72. The Hall–Kier alpha value is -2.87. The van der Waals surface area contributed by atoms with Crippen LogP contribution < -0.4 is 18.9 Å². The molecule has 0 heterocycles. The summed E-state index contributed by atoms with van der Waals surface area (Å²) in [6.45, 7) is 0. The summed E-state index contributed by atoms with van der Waals surface area (Å²) in [5.74, 6) is 2.53. The molecule has 0 spiro atoms. The summed E-state index contributed by atoms with van der Waals surface area (Å²) in [6.07, 6.45) is 0.325. The molecule has 2 aromatic carbocycles. The van der Waals surface area contributed by atoms with E-state index in [0.29, 0.717) is 29.4 Å². The molecule has 0 radical (unpaired) electrons. The van der Waals surface area contributed by atoms with E-state index in [1.54, 1.807) is 28.4 Å². The second kappa shape index (κ2) is 8.11. The van der Waals surface area contributed by atoms with Crippen LogP contribution >= 0.6 is 0 Å². The minimum atomic E-state index is -0.126. The summed E-state index contributed by atoms with van der Waals surface area (Å²) < 4.78 is 21.3. The molecular weight excluding hydrogens is 306 g/mol. The van der Waals surface area contributed by atoms with E-state index in [4.69, 9.17) is 18.9 Å². The maximum absolute atomic E-state index is 9.27. The van der Waals surface area contributed by atoms with E-state index >= 15 is 0 Å². The molecule has 2 aromatic rings. The van der Waals surface area contributed by atoms with Crippen molar-refractivity contribution in [1.29, 1.82) is 5.26 Å². The normalized spacial score (nSPS) is 11.3. The second-order valence-electron chi connectivity index (χ2n) is 5.18. The zero-order valence-electron chi connectivity index (χ0n) is 14.3. The van der Waals surface area contributed by atoms with E-state index in [1.165, 1.54) is 0 Å². The quantitative estimate of drug-likeness (QED) is 0.775. The lowest BCUT2D eigenvalue weighted by Gasteiger charge is -2.18. The molecule has 0 saturated heterocycles. The minimum Gasteiger partial charge on any atom is -0.497 e. The number of hydrogen-bond donors (Lipinski definition) is 0. The molecule has 0 bridgehead atoms. The van der Waals surface area contributed by atoms with Crippen LogP contribution in [0.5, 0.6) is 23.0 Å². The van der Waals surface area contributed by atoms with Crippen molar-refractivity contribution in [3.05, 3.63) is 47.5 Å². The number of methoxy groups -OCH3 is 4. The van der Waals surface area contributed by atoms with E-state index in [9.17, 15) is 5.26 Å². The SMILES string of the molecule is COc1cc(OC)cc([C@H](CC#N)c2ccc(OC)c(OC)c2)c1. The number of hydrogen-bond acceptors (Lipinski definition) is 5. The first-order valence-electron chi connectivity index (χ1n) is 7.48. The zero-order valence-corrected chi connectivity index (χ0v) is 14.3. The van der Waals surface area contributed by atoms with E-state index in [-0.39, 0.29) is 5.92 Å². The van der Waals surface area contributed by atoms with Gasteiger partial charge in [0.05, 0.1) is 34.5 Å². The largest absolute Gasteiger partial charge is 0.497 e. The van der Waals surface area contributed by atoms with Gasteiger partial charge in [-0.15, -0.1) is 0 Å². The highest BCUT2D eigenvalue weighted by atomic mass is 16.5. The zero-order chi connectivity index (χ0) is 17.5. The van der Waals surface area contributed by atoms with Crippen LogP contribution in [0.25, 0.3) is 0 Å². The van der Waals surface area contributed by atoms with Crippen LogP contribution in [0.2, 0.25) is 0 Å². The minimum absolute atomic E-state index is 0.126. The Morgan fingerprint density at radius 3 is 1.92 bits per heavy atom. The number of nitrogens with zero attached hydrogens (tertiary/aromatic N) is 1. The Labute approximate surface area is 142 Å². The van der Waals surface area contributed by atoms with Gasteiger partial charge in [-0.25, -0.2) is 0 Å². The van der Waals surface area contributed by atoms with Crippen molar-refractivity contribution in [2.24, 2.45) is 0 Å². The van der Waals surface area contributed by atoms with E-state index in [1.807, 2.05) is 36.4 Å². The fraction of sp³-hybridized carbons (Fsp3) is 0.316. The first-order valence-corrected chi connectivity index (χ1v) is 7.48. The Morgan fingerprint density at radius 1 is 0.792 bits per heavy atom. The number of benzene rings is 2. The Kier molecular flexibility index (Phi) is 5.91. The summed E-state index contributed by atoms with van der Waals surface area (Å²) in [5.41, 5.74) is 1.91. The highest BCUT2D eigenvalue weighted by Crippen LogP contribution is 2.37. The van der Waals surface area contributed by atoms with Gasteiger partial charge < -0.3 is 18.9 Å². The van der Waals surface area contributed by atoms with Crippen LogP contribution in [0.4, 0.5) is 0 Å². The van der Waals surface area contributed by atoms with Crippen LogP contribution in [-0.4, -0.2) is 28.4 Å². The molecule has 1 atom stereocenters. The maximum atomic E-state index is 9.27. The van der Waals surface area contributed by atoms with Gasteiger partial charge in [0.2, 0.25) is 0 Å². The summed E-state index contributed by atoms with van der Waals surface area (Å²) in [6, 6.07) is 13.6. The third-order valence-corrected chi connectivity index (χ3v) is 3.88. The van der Waals surface area contributed by atoms with Gasteiger partial charge in [-0.3, -0.25) is 0 Å². The number of rotatable bonds is 7. The molecule has 126 valence electrons. The molecule has 0 aromatic heterocycles. The summed E-state index contributed by atoms with van der Waals surface area (Å²) in [4.78, 5) is 0. The monoisotopic (exact) mass is 327 g/mol.